The number of alkyl halides is 1. The Kier molecular flexibility index (Phi) is 5.62. The van der Waals surface area contributed by atoms with Crippen LogP contribution in [0.2, 0.25) is 0 Å². The number of hydrogen-bond donors (Lipinski definition) is 0. The van der Waals surface area contributed by atoms with E-state index in [0.29, 0.717) is 17.7 Å². The van der Waals surface area contributed by atoms with Gasteiger partial charge in [-0.1, -0.05) is 13.3 Å². The number of nitriles is 1. The quantitative estimate of drug-likeness (QED) is 0.716. The zero-order valence-electron chi connectivity index (χ0n) is 13.2. The third-order valence-electron chi connectivity index (χ3n) is 3.81. The predicted molar refractivity (Wildman–Crippen MR) is 87.8 cm³/mol. The number of aliphatic imine (C=N–C) groups is 1. The Balaban J connectivity index is 2.23. The first-order valence-electron chi connectivity index (χ1n) is 7.55. The van der Waals surface area contributed by atoms with Gasteiger partial charge < -0.3 is 9.47 Å². The number of nitrogens with zero attached hydrogens (tertiary/aromatic N) is 2. The van der Waals surface area contributed by atoms with Gasteiger partial charge >= 0.3 is 0 Å². The second kappa shape index (κ2) is 7.47. The van der Waals surface area contributed by atoms with Crippen molar-refractivity contribution in [2.75, 3.05) is 7.11 Å². The molecule has 1 aliphatic rings. The average molecular weight is 335 g/mol. The molecule has 6 heteroatoms. The van der Waals surface area contributed by atoms with Crippen LogP contribution in [-0.4, -0.2) is 29.9 Å². The fourth-order valence-corrected chi connectivity index (χ4v) is 2.74. The van der Waals surface area contributed by atoms with E-state index in [-0.39, 0.29) is 18.2 Å². The van der Waals surface area contributed by atoms with Gasteiger partial charge in [0.25, 0.3) is 5.91 Å². The van der Waals surface area contributed by atoms with Crippen molar-refractivity contribution in [3.63, 3.8) is 0 Å². The molecule has 5 nitrogen and oxygen atoms in total. The summed E-state index contributed by atoms with van der Waals surface area (Å²) in [6, 6.07) is 9.06. The zero-order valence-corrected chi connectivity index (χ0v) is 14.0. The van der Waals surface area contributed by atoms with E-state index in [1.165, 1.54) is 0 Å². The lowest BCUT2D eigenvalue weighted by molar-refractivity contribution is -0.131. The maximum absolute atomic E-state index is 12.5. The molecular weight excluding hydrogens is 316 g/mol. The highest BCUT2D eigenvalue weighted by molar-refractivity contribution is 6.22. The summed E-state index contributed by atoms with van der Waals surface area (Å²) in [6.07, 6.45) is 2.34. The Hall–Kier alpha value is -2.06. The highest BCUT2D eigenvalue weighted by Crippen LogP contribution is 2.34. The number of amides is 1. The summed E-state index contributed by atoms with van der Waals surface area (Å²) in [4.78, 5) is 16.5. The van der Waals surface area contributed by atoms with Gasteiger partial charge in [0, 0.05) is 12.0 Å². The minimum absolute atomic E-state index is 0.132. The number of rotatable bonds is 7. The van der Waals surface area contributed by atoms with Crippen LogP contribution in [0.1, 0.15) is 38.2 Å². The van der Waals surface area contributed by atoms with E-state index in [1.807, 2.05) is 13.0 Å². The molecule has 2 rings (SSSR count). The minimum atomic E-state index is -1.13. The summed E-state index contributed by atoms with van der Waals surface area (Å²) in [7, 11) is 1.58. The molecule has 1 aromatic rings. The van der Waals surface area contributed by atoms with Gasteiger partial charge in [0.15, 0.2) is 5.60 Å². The number of hydrogen-bond acceptors (Lipinski definition) is 4. The van der Waals surface area contributed by atoms with Crippen molar-refractivity contribution in [1.82, 2.24) is 0 Å². The van der Waals surface area contributed by atoms with Gasteiger partial charge in [-0.2, -0.15) is 10.3 Å². The smallest absolute Gasteiger partial charge is 0.293 e. The Labute approximate surface area is 140 Å². The fraction of sp³-hybridized carbons (Fsp3) is 0.471. The number of unbranched alkanes of at least 4 members (excludes halogenated alkanes) is 1. The van der Waals surface area contributed by atoms with Gasteiger partial charge in [0.1, 0.15) is 11.1 Å². The van der Waals surface area contributed by atoms with E-state index in [2.05, 4.69) is 4.99 Å². The van der Waals surface area contributed by atoms with Crippen molar-refractivity contribution in [2.45, 2.75) is 43.6 Å². The van der Waals surface area contributed by atoms with Gasteiger partial charge in [-0.25, -0.2) is 0 Å². The van der Waals surface area contributed by atoms with E-state index in [4.69, 9.17) is 26.3 Å². The summed E-state index contributed by atoms with van der Waals surface area (Å²) in [5.74, 6) is 0.620. The third-order valence-corrected chi connectivity index (χ3v) is 4.06. The summed E-state index contributed by atoms with van der Waals surface area (Å²) in [5, 5.41) is 8.17. The van der Waals surface area contributed by atoms with E-state index in [0.717, 1.165) is 12.8 Å². The van der Waals surface area contributed by atoms with E-state index in [1.54, 1.807) is 31.4 Å². The first-order valence-corrected chi connectivity index (χ1v) is 7.98. The molecule has 2 atom stereocenters. The van der Waals surface area contributed by atoms with Gasteiger partial charge in [-0.15, -0.1) is 11.6 Å². The van der Waals surface area contributed by atoms with E-state index in [9.17, 15) is 4.79 Å². The van der Waals surface area contributed by atoms with Crippen LogP contribution in [0.4, 0.5) is 0 Å². The summed E-state index contributed by atoms with van der Waals surface area (Å²) < 4.78 is 11.0. The highest BCUT2D eigenvalue weighted by atomic mass is 35.5. The Morgan fingerprint density at radius 1 is 1.43 bits per heavy atom. The van der Waals surface area contributed by atoms with Gasteiger partial charge in [-0.3, -0.25) is 4.79 Å². The summed E-state index contributed by atoms with van der Waals surface area (Å²) in [5.41, 5.74) is -0.437. The zero-order chi connectivity index (χ0) is 16.9. The van der Waals surface area contributed by atoms with Crippen molar-refractivity contribution >= 4 is 23.4 Å². The fourth-order valence-electron chi connectivity index (χ4n) is 2.49. The second-order valence-corrected chi connectivity index (χ2v) is 5.98. The normalized spacial score (nSPS) is 21.3. The molecule has 1 aromatic carbocycles. The minimum Gasteiger partial charge on any atom is -0.497 e. The maximum atomic E-state index is 12.5. The number of ether oxygens (including phenoxy) is 2. The summed E-state index contributed by atoms with van der Waals surface area (Å²) in [6.45, 7) is 2.03. The molecule has 0 aliphatic carbocycles. The van der Waals surface area contributed by atoms with Crippen LogP contribution in [0.3, 0.4) is 0 Å². The molecule has 0 unspecified atom stereocenters. The molecule has 0 spiro atoms. The number of benzene rings is 1. The molecule has 0 fully saturated rings. The van der Waals surface area contributed by atoms with E-state index >= 15 is 0 Å². The molecule has 0 aromatic heterocycles. The molecule has 1 amide bonds. The number of methoxy groups -OCH3 is 1. The van der Waals surface area contributed by atoms with Crippen molar-refractivity contribution in [3.8, 4) is 11.8 Å². The summed E-state index contributed by atoms with van der Waals surface area (Å²) >= 11 is 5.95. The Bertz CT molecular complexity index is 636. The van der Waals surface area contributed by atoms with Crippen molar-refractivity contribution in [2.24, 2.45) is 4.99 Å². The molecule has 0 saturated carbocycles. The molecule has 1 aliphatic heterocycles. The number of halogens is 1. The second-order valence-electron chi connectivity index (χ2n) is 5.45. The lowest BCUT2D eigenvalue weighted by Crippen LogP contribution is -2.39. The van der Waals surface area contributed by atoms with Crippen LogP contribution in [0, 0.1) is 11.3 Å². The monoisotopic (exact) mass is 334 g/mol. The SMILES string of the molecule is CCCC[C@]1(C[C@@H](Cl)C#N)OC(c2ccc(OC)cc2)=NC1=O. The standard InChI is InChI=1S/C17H19ClN2O3/c1-3-4-9-17(10-13(18)11-19)16(21)20-15(23-17)12-5-7-14(22-2)8-6-12/h5-8,13H,3-4,9-10H2,1-2H3/t13-,17-/m1/s1. The molecular formula is C17H19ClN2O3. The lowest BCUT2D eigenvalue weighted by Gasteiger charge is -2.27. The molecule has 0 N–H and O–H groups in total. The molecule has 23 heavy (non-hydrogen) atoms. The van der Waals surface area contributed by atoms with Crippen LogP contribution in [0.25, 0.3) is 0 Å². The molecule has 0 bridgehead atoms. The first kappa shape index (κ1) is 17.3. The van der Waals surface area contributed by atoms with Crippen LogP contribution in [0.5, 0.6) is 5.75 Å². The lowest BCUT2D eigenvalue weighted by atomic mass is 9.91. The van der Waals surface area contributed by atoms with Gasteiger partial charge in [0.2, 0.25) is 5.90 Å². The van der Waals surface area contributed by atoms with Gasteiger partial charge in [0.05, 0.1) is 13.2 Å². The third kappa shape index (κ3) is 3.83. The van der Waals surface area contributed by atoms with Gasteiger partial charge in [-0.05, 0) is 37.1 Å². The first-order chi connectivity index (χ1) is 11.0. The Morgan fingerprint density at radius 3 is 2.70 bits per heavy atom. The number of carbonyl (C=O) groups excluding carboxylic acids is 1. The number of carbonyl (C=O) groups is 1. The molecule has 122 valence electrons. The maximum Gasteiger partial charge on any atom is 0.293 e. The largest absolute Gasteiger partial charge is 0.497 e. The molecule has 0 radical (unpaired) electrons. The van der Waals surface area contributed by atoms with Crippen LogP contribution < -0.4 is 4.74 Å². The predicted octanol–water partition coefficient (Wildman–Crippen LogP) is 3.45. The van der Waals surface area contributed by atoms with Crippen molar-refractivity contribution in [1.29, 1.82) is 5.26 Å². The van der Waals surface area contributed by atoms with E-state index < -0.39 is 11.0 Å². The highest BCUT2D eigenvalue weighted by Gasteiger charge is 2.47. The van der Waals surface area contributed by atoms with Crippen LogP contribution in [-0.2, 0) is 9.53 Å². The van der Waals surface area contributed by atoms with Crippen LogP contribution >= 0.6 is 11.6 Å². The van der Waals surface area contributed by atoms with Crippen molar-refractivity contribution in [3.05, 3.63) is 29.8 Å². The Morgan fingerprint density at radius 2 is 2.13 bits per heavy atom. The molecule has 0 saturated heterocycles. The van der Waals surface area contributed by atoms with Crippen molar-refractivity contribution < 1.29 is 14.3 Å². The topological polar surface area (TPSA) is 71.7 Å². The average Bonchev–Trinajstić information content (AvgIpc) is 2.89. The molecule has 1 heterocycles. The van der Waals surface area contributed by atoms with Crippen LogP contribution in [0.15, 0.2) is 29.3 Å².